The molecular formula is C20H15F3N6O. The molecule has 3 aromatic heterocycles. The third-order valence-corrected chi connectivity index (χ3v) is 4.30. The first kappa shape index (κ1) is 19.5. The van der Waals surface area contributed by atoms with Gasteiger partial charge in [0.25, 0.3) is 5.91 Å². The molecule has 1 N–H and O–H groups in total. The Hall–Kier alpha value is -3.82. The number of aryl methyl sites for hydroxylation is 2. The van der Waals surface area contributed by atoms with Gasteiger partial charge < -0.3 is 5.32 Å². The fourth-order valence-electron chi connectivity index (χ4n) is 3.06. The molecule has 3 heterocycles. The predicted octanol–water partition coefficient (Wildman–Crippen LogP) is 4.07. The third kappa shape index (κ3) is 3.71. The van der Waals surface area contributed by atoms with Crippen molar-refractivity contribution >= 4 is 17.4 Å². The number of aromatic nitrogens is 5. The lowest BCUT2D eigenvalue weighted by atomic mass is 10.0. The van der Waals surface area contributed by atoms with Crippen LogP contribution < -0.4 is 5.32 Å². The third-order valence-electron chi connectivity index (χ3n) is 4.30. The van der Waals surface area contributed by atoms with Gasteiger partial charge in [0.15, 0.2) is 11.5 Å². The summed E-state index contributed by atoms with van der Waals surface area (Å²) in [6.45, 7) is 3.48. The van der Waals surface area contributed by atoms with Crippen LogP contribution in [0.4, 0.5) is 19.0 Å². The standard InChI is InChI=1S/C20H15F3N6O/c1-11-9-12(2)26-18(25-11)19(30)27-17-10-24-16-8-7-15(28-29(16)17)13-5-3-4-6-14(13)20(21,22)23/h3-10H,1-2H3,(H,27,30). The fourth-order valence-corrected chi connectivity index (χ4v) is 3.06. The molecule has 0 spiro atoms. The fraction of sp³-hybridized carbons (Fsp3) is 0.150. The van der Waals surface area contributed by atoms with Crippen LogP contribution in [0.25, 0.3) is 16.9 Å². The number of fused-ring (bicyclic) bond motifs is 1. The van der Waals surface area contributed by atoms with Gasteiger partial charge in [0.05, 0.1) is 17.5 Å². The van der Waals surface area contributed by atoms with E-state index in [1.807, 2.05) is 0 Å². The second-order valence-electron chi connectivity index (χ2n) is 6.60. The van der Waals surface area contributed by atoms with Gasteiger partial charge in [0, 0.05) is 17.0 Å². The minimum atomic E-state index is -4.53. The van der Waals surface area contributed by atoms with Gasteiger partial charge in [-0.2, -0.15) is 22.8 Å². The molecule has 0 aliphatic rings. The van der Waals surface area contributed by atoms with E-state index in [4.69, 9.17) is 0 Å². The Labute approximate surface area is 168 Å². The van der Waals surface area contributed by atoms with Gasteiger partial charge >= 0.3 is 6.18 Å². The first-order valence-electron chi connectivity index (χ1n) is 8.87. The molecule has 0 saturated carbocycles. The van der Waals surface area contributed by atoms with Crippen LogP contribution in [0.2, 0.25) is 0 Å². The van der Waals surface area contributed by atoms with Gasteiger partial charge in [-0.05, 0) is 38.1 Å². The quantitative estimate of drug-likeness (QED) is 0.548. The Kier molecular flexibility index (Phi) is 4.69. The van der Waals surface area contributed by atoms with Crippen LogP contribution in [-0.4, -0.2) is 30.5 Å². The Morgan fingerprint density at radius 1 is 1.03 bits per heavy atom. The number of imidazole rings is 1. The highest BCUT2D eigenvalue weighted by atomic mass is 19.4. The molecule has 30 heavy (non-hydrogen) atoms. The SMILES string of the molecule is Cc1cc(C)nc(C(=O)Nc2cnc3ccc(-c4ccccc4C(F)(F)F)nn23)n1. The lowest BCUT2D eigenvalue weighted by Crippen LogP contribution is -2.18. The van der Waals surface area contributed by atoms with Crippen LogP contribution in [0.3, 0.4) is 0 Å². The first-order valence-corrected chi connectivity index (χ1v) is 8.87. The number of halogens is 3. The molecule has 10 heteroatoms. The van der Waals surface area contributed by atoms with Crippen molar-refractivity contribution in [1.29, 1.82) is 0 Å². The minimum Gasteiger partial charge on any atom is -0.302 e. The highest BCUT2D eigenvalue weighted by Gasteiger charge is 2.33. The minimum absolute atomic E-state index is 0.0268. The Morgan fingerprint density at radius 3 is 2.43 bits per heavy atom. The van der Waals surface area contributed by atoms with Crippen molar-refractivity contribution in [2.75, 3.05) is 5.32 Å². The van der Waals surface area contributed by atoms with Gasteiger partial charge in [0.2, 0.25) is 5.82 Å². The number of carbonyl (C=O) groups excluding carboxylic acids is 1. The highest BCUT2D eigenvalue weighted by molar-refractivity contribution is 6.01. The van der Waals surface area contributed by atoms with Crippen molar-refractivity contribution in [3.05, 3.63) is 71.4 Å². The normalized spacial score (nSPS) is 11.6. The number of nitrogens with one attached hydrogen (secondary N) is 1. The molecule has 4 aromatic rings. The predicted molar refractivity (Wildman–Crippen MR) is 103 cm³/mol. The molecule has 0 radical (unpaired) electrons. The summed E-state index contributed by atoms with van der Waals surface area (Å²) in [6.07, 6.45) is -3.16. The van der Waals surface area contributed by atoms with Crippen molar-refractivity contribution < 1.29 is 18.0 Å². The molecule has 0 aliphatic carbocycles. The summed E-state index contributed by atoms with van der Waals surface area (Å²) in [7, 11) is 0. The molecule has 0 unspecified atom stereocenters. The monoisotopic (exact) mass is 412 g/mol. The number of hydrogen-bond donors (Lipinski definition) is 1. The number of nitrogens with zero attached hydrogens (tertiary/aromatic N) is 5. The average Bonchev–Trinajstić information content (AvgIpc) is 3.08. The molecule has 0 bridgehead atoms. The van der Waals surface area contributed by atoms with E-state index >= 15 is 0 Å². The molecular weight excluding hydrogens is 397 g/mol. The van der Waals surface area contributed by atoms with Gasteiger partial charge in [-0.25, -0.2) is 15.0 Å². The van der Waals surface area contributed by atoms with Gasteiger partial charge in [-0.15, -0.1) is 0 Å². The van der Waals surface area contributed by atoms with E-state index in [1.54, 1.807) is 19.9 Å². The summed E-state index contributed by atoms with van der Waals surface area (Å²) in [5.74, 6) is -0.420. The van der Waals surface area contributed by atoms with E-state index in [0.717, 1.165) is 6.07 Å². The second-order valence-corrected chi connectivity index (χ2v) is 6.60. The summed E-state index contributed by atoms with van der Waals surface area (Å²) in [4.78, 5) is 24.9. The van der Waals surface area contributed by atoms with E-state index < -0.39 is 17.6 Å². The molecule has 1 aromatic carbocycles. The van der Waals surface area contributed by atoms with E-state index in [0.29, 0.717) is 17.0 Å². The highest BCUT2D eigenvalue weighted by Crippen LogP contribution is 2.36. The van der Waals surface area contributed by atoms with Crippen LogP contribution in [0.15, 0.2) is 48.7 Å². The van der Waals surface area contributed by atoms with Crippen LogP contribution in [0.1, 0.15) is 27.6 Å². The summed E-state index contributed by atoms with van der Waals surface area (Å²) >= 11 is 0. The van der Waals surface area contributed by atoms with Crippen LogP contribution in [-0.2, 0) is 6.18 Å². The molecule has 4 rings (SSSR count). The summed E-state index contributed by atoms with van der Waals surface area (Å²) in [5, 5.41) is 6.87. The van der Waals surface area contributed by atoms with Crippen molar-refractivity contribution in [3.63, 3.8) is 0 Å². The molecule has 7 nitrogen and oxygen atoms in total. The smallest absolute Gasteiger partial charge is 0.302 e. The Bertz CT molecular complexity index is 1240. The van der Waals surface area contributed by atoms with Crippen LogP contribution >= 0.6 is 0 Å². The zero-order valence-electron chi connectivity index (χ0n) is 15.9. The second kappa shape index (κ2) is 7.21. The number of rotatable bonds is 3. The lowest BCUT2D eigenvalue weighted by Gasteiger charge is -2.12. The van der Waals surface area contributed by atoms with E-state index in [9.17, 15) is 18.0 Å². The molecule has 152 valence electrons. The zero-order chi connectivity index (χ0) is 21.5. The van der Waals surface area contributed by atoms with Crippen LogP contribution in [0.5, 0.6) is 0 Å². The van der Waals surface area contributed by atoms with Crippen molar-refractivity contribution in [2.24, 2.45) is 0 Å². The van der Waals surface area contributed by atoms with Gasteiger partial charge in [0.1, 0.15) is 0 Å². The molecule has 0 saturated heterocycles. The topological polar surface area (TPSA) is 85.1 Å². The summed E-state index contributed by atoms with van der Waals surface area (Å²) in [6, 6.07) is 9.87. The molecule has 0 atom stereocenters. The van der Waals surface area contributed by atoms with Gasteiger partial charge in [-0.3, -0.25) is 4.79 Å². The van der Waals surface area contributed by atoms with Crippen molar-refractivity contribution in [1.82, 2.24) is 24.6 Å². The maximum absolute atomic E-state index is 13.4. The number of carbonyl (C=O) groups is 1. The lowest BCUT2D eigenvalue weighted by molar-refractivity contribution is -0.137. The molecule has 0 aliphatic heterocycles. The number of hydrogen-bond acceptors (Lipinski definition) is 5. The Balaban J connectivity index is 1.74. The number of anilines is 1. The van der Waals surface area contributed by atoms with Crippen LogP contribution in [0, 0.1) is 13.8 Å². The Morgan fingerprint density at radius 2 is 1.73 bits per heavy atom. The number of amides is 1. The number of benzene rings is 1. The van der Waals surface area contributed by atoms with E-state index in [1.165, 1.54) is 41.0 Å². The maximum Gasteiger partial charge on any atom is 0.417 e. The zero-order valence-corrected chi connectivity index (χ0v) is 15.9. The van der Waals surface area contributed by atoms with E-state index in [2.05, 4.69) is 25.4 Å². The first-order chi connectivity index (χ1) is 14.2. The maximum atomic E-state index is 13.4. The average molecular weight is 412 g/mol. The summed E-state index contributed by atoms with van der Waals surface area (Å²) in [5.41, 5.74) is 0.845. The van der Waals surface area contributed by atoms with Crippen molar-refractivity contribution in [2.45, 2.75) is 20.0 Å². The van der Waals surface area contributed by atoms with Crippen molar-refractivity contribution in [3.8, 4) is 11.3 Å². The van der Waals surface area contributed by atoms with Gasteiger partial charge in [-0.1, -0.05) is 18.2 Å². The number of alkyl halides is 3. The molecule has 1 amide bonds. The summed E-state index contributed by atoms with van der Waals surface area (Å²) < 4.78 is 41.4. The largest absolute Gasteiger partial charge is 0.417 e. The molecule has 0 fully saturated rings. The van der Waals surface area contributed by atoms with E-state index in [-0.39, 0.29) is 22.9 Å².